The fraction of sp³-hybridized carbons (Fsp3) is 0.500. The number of likely N-dealkylation sites (N-methyl/N-ethyl adjacent to an activating group) is 1. The molecule has 0 saturated carbocycles. The first-order chi connectivity index (χ1) is 6.22. The Morgan fingerprint density at radius 1 is 1.69 bits per heavy atom. The first kappa shape index (κ1) is 8.88. The first-order valence-corrected chi connectivity index (χ1v) is 4.90. The molecule has 3 N–H and O–H groups in total. The number of amidine groups is 1. The highest BCUT2D eigenvalue weighted by atomic mass is 127. The molecule has 1 aromatic heterocycles. The van der Waals surface area contributed by atoms with E-state index in [1.54, 1.807) is 4.68 Å². The second-order valence-corrected chi connectivity index (χ2v) is 3.75. The molecule has 0 aliphatic carbocycles. The summed E-state index contributed by atoms with van der Waals surface area (Å²) in [5.41, 5.74) is 6.59. The van der Waals surface area contributed by atoms with Crippen molar-refractivity contribution in [3.63, 3.8) is 0 Å². The summed E-state index contributed by atoms with van der Waals surface area (Å²) in [5.74, 6) is 0.500. The Labute approximate surface area is 88.7 Å². The van der Waals surface area contributed by atoms with Crippen molar-refractivity contribution >= 4 is 28.4 Å². The van der Waals surface area contributed by atoms with Crippen LogP contribution in [0.15, 0.2) is 4.99 Å². The smallest absolute Gasteiger partial charge is 0.154 e. The third kappa shape index (κ3) is 1.41. The summed E-state index contributed by atoms with van der Waals surface area (Å²) >= 11 is 2.10. The number of halogens is 1. The van der Waals surface area contributed by atoms with Gasteiger partial charge in [0.15, 0.2) is 3.70 Å². The lowest BCUT2D eigenvalue weighted by Gasteiger charge is -2.18. The van der Waals surface area contributed by atoms with Gasteiger partial charge in [0.2, 0.25) is 0 Å². The SMILES string of the molecule is CN[C@@H]1Cn2nnc(I)c2C(N)=N1. The number of nitrogens with two attached hydrogens (primary N) is 1. The van der Waals surface area contributed by atoms with Crippen LogP contribution in [-0.2, 0) is 6.54 Å². The average molecular weight is 292 g/mol. The highest BCUT2D eigenvalue weighted by Gasteiger charge is 2.22. The number of nitrogens with one attached hydrogen (secondary N) is 1. The van der Waals surface area contributed by atoms with Crippen molar-refractivity contribution in [1.82, 2.24) is 20.3 Å². The minimum absolute atomic E-state index is 0.00463. The van der Waals surface area contributed by atoms with Crippen LogP contribution in [0, 0.1) is 3.70 Å². The lowest BCUT2D eigenvalue weighted by molar-refractivity contribution is 0.444. The maximum absolute atomic E-state index is 5.76. The van der Waals surface area contributed by atoms with Gasteiger partial charge in [-0.15, -0.1) is 5.10 Å². The molecule has 1 aromatic rings. The van der Waals surface area contributed by atoms with E-state index < -0.39 is 0 Å². The van der Waals surface area contributed by atoms with Gasteiger partial charge in [0.25, 0.3) is 0 Å². The summed E-state index contributed by atoms with van der Waals surface area (Å²) in [4.78, 5) is 4.25. The zero-order valence-electron chi connectivity index (χ0n) is 7.03. The second-order valence-electron chi connectivity index (χ2n) is 2.73. The zero-order chi connectivity index (χ0) is 9.42. The van der Waals surface area contributed by atoms with Crippen molar-refractivity contribution in [1.29, 1.82) is 0 Å². The van der Waals surface area contributed by atoms with Crippen LogP contribution in [-0.4, -0.2) is 34.0 Å². The molecule has 70 valence electrons. The van der Waals surface area contributed by atoms with E-state index in [4.69, 9.17) is 5.73 Å². The van der Waals surface area contributed by atoms with Gasteiger partial charge >= 0.3 is 0 Å². The van der Waals surface area contributed by atoms with Crippen LogP contribution in [0.1, 0.15) is 5.69 Å². The molecule has 0 bridgehead atoms. The molecule has 1 aliphatic heterocycles. The second kappa shape index (κ2) is 3.22. The summed E-state index contributed by atoms with van der Waals surface area (Å²) in [6, 6.07) is 0. The van der Waals surface area contributed by atoms with Gasteiger partial charge in [-0.05, 0) is 29.6 Å². The minimum Gasteiger partial charge on any atom is -0.382 e. The average Bonchev–Trinajstić information content (AvgIpc) is 2.48. The number of nitrogens with zero attached hydrogens (tertiary/aromatic N) is 4. The normalized spacial score (nSPS) is 21.1. The van der Waals surface area contributed by atoms with Gasteiger partial charge in [0, 0.05) is 0 Å². The Bertz CT molecular complexity index is 356. The standard InChI is InChI=1S/C6H9IN6/c1-9-3-2-13-4(6(8)10-3)5(7)11-12-13/h3,9H,2H2,1H3,(H2,8,10)/t3-/m0/s1. The fourth-order valence-corrected chi connectivity index (χ4v) is 1.90. The highest BCUT2D eigenvalue weighted by Crippen LogP contribution is 2.13. The highest BCUT2D eigenvalue weighted by molar-refractivity contribution is 14.1. The predicted octanol–water partition coefficient (Wildman–Crippen LogP) is -0.853. The van der Waals surface area contributed by atoms with Crippen molar-refractivity contribution in [3.05, 3.63) is 9.39 Å². The van der Waals surface area contributed by atoms with Gasteiger partial charge in [-0.2, -0.15) is 0 Å². The van der Waals surface area contributed by atoms with Gasteiger partial charge < -0.3 is 5.73 Å². The Kier molecular flexibility index (Phi) is 2.20. The Hall–Kier alpha value is -0.700. The Balaban J connectivity index is 2.44. The van der Waals surface area contributed by atoms with E-state index in [0.717, 1.165) is 9.39 Å². The maximum Gasteiger partial charge on any atom is 0.154 e. The molecule has 1 aliphatic rings. The van der Waals surface area contributed by atoms with Crippen molar-refractivity contribution in [2.45, 2.75) is 12.7 Å². The summed E-state index contributed by atoms with van der Waals surface area (Å²) in [7, 11) is 1.84. The molecule has 0 fully saturated rings. The van der Waals surface area contributed by atoms with Gasteiger partial charge in [-0.1, -0.05) is 5.21 Å². The van der Waals surface area contributed by atoms with E-state index in [0.29, 0.717) is 12.4 Å². The number of aromatic nitrogens is 3. The van der Waals surface area contributed by atoms with Gasteiger partial charge in [-0.25, -0.2) is 9.67 Å². The van der Waals surface area contributed by atoms with Crippen LogP contribution >= 0.6 is 22.6 Å². The lowest BCUT2D eigenvalue weighted by atomic mass is 10.3. The number of rotatable bonds is 1. The van der Waals surface area contributed by atoms with E-state index in [-0.39, 0.29) is 6.17 Å². The van der Waals surface area contributed by atoms with Crippen molar-refractivity contribution < 1.29 is 0 Å². The number of hydrogen-bond acceptors (Lipinski definition) is 5. The minimum atomic E-state index is 0.00463. The largest absolute Gasteiger partial charge is 0.382 e. The molecule has 6 nitrogen and oxygen atoms in total. The quantitative estimate of drug-likeness (QED) is 0.661. The molecule has 2 rings (SSSR count). The lowest BCUT2D eigenvalue weighted by Crippen LogP contribution is -2.38. The predicted molar refractivity (Wildman–Crippen MR) is 56.3 cm³/mol. The summed E-state index contributed by atoms with van der Waals surface area (Å²) < 4.78 is 2.57. The third-order valence-electron chi connectivity index (χ3n) is 1.91. The van der Waals surface area contributed by atoms with Crippen LogP contribution in [0.2, 0.25) is 0 Å². The molecule has 0 radical (unpaired) electrons. The molecule has 13 heavy (non-hydrogen) atoms. The molecule has 1 atom stereocenters. The Morgan fingerprint density at radius 3 is 3.15 bits per heavy atom. The van der Waals surface area contributed by atoms with Crippen molar-refractivity contribution in [2.75, 3.05) is 7.05 Å². The van der Waals surface area contributed by atoms with E-state index in [1.165, 1.54) is 0 Å². The van der Waals surface area contributed by atoms with Crippen molar-refractivity contribution in [3.8, 4) is 0 Å². The van der Waals surface area contributed by atoms with Gasteiger partial charge in [-0.3, -0.25) is 5.32 Å². The summed E-state index contributed by atoms with van der Waals surface area (Å²) in [6.07, 6.45) is 0.00463. The molecule has 0 saturated heterocycles. The number of hydrogen-bond donors (Lipinski definition) is 2. The monoisotopic (exact) mass is 292 g/mol. The molecule has 7 heteroatoms. The van der Waals surface area contributed by atoms with Crippen LogP contribution in [0.25, 0.3) is 0 Å². The molecule has 0 unspecified atom stereocenters. The van der Waals surface area contributed by atoms with Gasteiger partial charge in [0.05, 0.1) is 6.54 Å². The topological polar surface area (TPSA) is 81.1 Å². The van der Waals surface area contributed by atoms with Gasteiger partial charge in [0.1, 0.15) is 17.7 Å². The molecule has 2 heterocycles. The molecule has 0 aromatic carbocycles. The number of fused-ring (bicyclic) bond motifs is 1. The molecular formula is C6H9IN6. The van der Waals surface area contributed by atoms with Crippen LogP contribution in [0.4, 0.5) is 0 Å². The summed E-state index contributed by atoms with van der Waals surface area (Å²) in [6.45, 7) is 0.683. The van der Waals surface area contributed by atoms with E-state index in [9.17, 15) is 0 Å². The summed E-state index contributed by atoms with van der Waals surface area (Å²) in [5, 5.41) is 10.9. The van der Waals surface area contributed by atoms with Crippen molar-refractivity contribution in [2.24, 2.45) is 10.7 Å². The van der Waals surface area contributed by atoms with E-state index in [1.807, 2.05) is 7.05 Å². The van der Waals surface area contributed by atoms with Crippen LogP contribution < -0.4 is 11.1 Å². The molecular weight excluding hydrogens is 283 g/mol. The first-order valence-electron chi connectivity index (χ1n) is 3.82. The van der Waals surface area contributed by atoms with E-state index >= 15 is 0 Å². The molecule has 0 amide bonds. The van der Waals surface area contributed by atoms with Crippen LogP contribution in [0.5, 0.6) is 0 Å². The zero-order valence-corrected chi connectivity index (χ0v) is 9.19. The maximum atomic E-state index is 5.76. The van der Waals surface area contributed by atoms with Crippen LogP contribution in [0.3, 0.4) is 0 Å². The fourth-order valence-electron chi connectivity index (χ4n) is 1.25. The Morgan fingerprint density at radius 2 is 2.46 bits per heavy atom. The third-order valence-corrected chi connectivity index (χ3v) is 2.64. The molecule has 0 spiro atoms. The van der Waals surface area contributed by atoms with E-state index in [2.05, 4.69) is 43.2 Å². The number of aliphatic imine (C=N–C) groups is 1.